The highest BCUT2D eigenvalue weighted by molar-refractivity contribution is 7.71. The Kier molecular flexibility index (Phi) is 5.20. The molecular formula is C21H25N4OS+. The molecule has 0 saturated carbocycles. The van der Waals surface area contributed by atoms with Crippen molar-refractivity contribution in [3.05, 3.63) is 64.9 Å². The Balaban J connectivity index is 1.77. The SMILES string of the molecule is Cc1ccc(-n2c(-c3ccccc3)nn(C[NH+]3CCC[C@@H](O)C3)c2=S)cc1. The second kappa shape index (κ2) is 7.76. The Morgan fingerprint density at radius 3 is 2.59 bits per heavy atom. The minimum absolute atomic E-state index is 0.226. The first-order chi connectivity index (χ1) is 13.1. The van der Waals surface area contributed by atoms with Crippen molar-refractivity contribution < 1.29 is 10.0 Å². The molecule has 1 unspecified atom stereocenters. The lowest BCUT2D eigenvalue weighted by Gasteiger charge is -2.26. The molecule has 0 bridgehead atoms. The van der Waals surface area contributed by atoms with Crippen molar-refractivity contribution in [2.75, 3.05) is 13.1 Å². The molecule has 2 aromatic carbocycles. The van der Waals surface area contributed by atoms with Crippen molar-refractivity contribution in [3.8, 4) is 17.1 Å². The van der Waals surface area contributed by atoms with Crippen molar-refractivity contribution in [2.24, 2.45) is 0 Å². The lowest BCUT2D eigenvalue weighted by atomic mass is 10.1. The summed E-state index contributed by atoms with van der Waals surface area (Å²) in [7, 11) is 0. The quantitative estimate of drug-likeness (QED) is 0.682. The number of aliphatic hydroxyl groups excluding tert-OH is 1. The average molecular weight is 382 g/mol. The van der Waals surface area contributed by atoms with Gasteiger partial charge in [-0.15, -0.1) is 5.10 Å². The molecule has 1 aliphatic rings. The van der Waals surface area contributed by atoms with Gasteiger partial charge < -0.3 is 10.0 Å². The summed E-state index contributed by atoms with van der Waals surface area (Å²) in [4.78, 5) is 1.32. The Morgan fingerprint density at radius 2 is 1.89 bits per heavy atom. The molecule has 1 saturated heterocycles. The number of benzene rings is 2. The molecule has 2 N–H and O–H groups in total. The fourth-order valence-corrected chi connectivity index (χ4v) is 3.99. The fraction of sp³-hybridized carbons (Fsp3) is 0.333. The third-order valence-electron chi connectivity index (χ3n) is 5.13. The molecule has 140 valence electrons. The third-order valence-corrected chi connectivity index (χ3v) is 5.52. The second-order valence-electron chi connectivity index (χ2n) is 7.30. The van der Waals surface area contributed by atoms with E-state index in [1.54, 1.807) is 0 Å². The Morgan fingerprint density at radius 1 is 1.15 bits per heavy atom. The van der Waals surface area contributed by atoms with Crippen LogP contribution in [0.15, 0.2) is 54.6 Å². The highest BCUT2D eigenvalue weighted by Gasteiger charge is 2.23. The van der Waals surface area contributed by atoms with E-state index < -0.39 is 0 Å². The Labute approximate surface area is 164 Å². The predicted octanol–water partition coefficient (Wildman–Crippen LogP) is 2.38. The molecule has 0 spiro atoms. The van der Waals surface area contributed by atoms with Gasteiger partial charge in [-0.3, -0.25) is 4.57 Å². The molecule has 6 heteroatoms. The summed E-state index contributed by atoms with van der Waals surface area (Å²) in [6, 6.07) is 18.5. The highest BCUT2D eigenvalue weighted by Crippen LogP contribution is 2.22. The maximum Gasteiger partial charge on any atom is 0.207 e. The summed E-state index contributed by atoms with van der Waals surface area (Å²) >= 11 is 5.81. The van der Waals surface area contributed by atoms with E-state index in [0.29, 0.717) is 11.4 Å². The summed E-state index contributed by atoms with van der Waals surface area (Å²) in [5.41, 5.74) is 3.27. The lowest BCUT2D eigenvalue weighted by molar-refractivity contribution is -0.931. The van der Waals surface area contributed by atoms with E-state index in [4.69, 9.17) is 17.3 Å². The van der Waals surface area contributed by atoms with Crippen LogP contribution in [0.25, 0.3) is 17.1 Å². The molecule has 1 fully saturated rings. The van der Waals surface area contributed by atoms with Gasteiger partial charge in [-0.05, 0) is 44.1 Å². The number of hydrogen-bond donors (Lipinski definition) is 2. The number of aromatic nitrogens is 3. The zero-order chi connectivity index (χ0) is 18.8. The summed E-state index contributed by atoms with van der Waals surface area (Å²) in [6.07, 6.45) is 1.70. The molecule has 27 heavy (non-hydrogen) atoms. The molecule has 3 aromatic rings. The number of nitrogens with one attached hydrogen (secondary N) is 1. The highest BCUT2D eigenvalue weighted by atomic mass is 32.1. The largest absolute Gasteiger partial charge is 0.387 e. The maximum atomic E-state index is 9.99. The van der Waals surface area contributed by atoms with Crippen LogP contribution in [0, 0.1) is 11.7 Å². The van der Waals surface area contributed by atoms with Crippen LogP contribution in [0.5, 0.6) is 0 Å². The summed E-state index contributed by atoms with van der Waals surface area (Å²) < 4.78 is 4.64. The van der Waals surface area contributed by atoms with Gasteiger partial charge in [0.1, 0.15) is 12.6 Å². The third kappa shape index (κ3) is 3.88. The van der Waals surface area contributed by atoms with Gasteiger partial charge in [0.15, 0.2) is 12.5 Å². The van der Waals surface area contributed by atoms with Crippen molar-refractivity contribution in [1.29, 1.82) is 0 Å². The summed E-state index contributed by atoms with van der Waals surface area (Å²) in [5.74, 6) is 0.849. The summed E-state index contributed by atoms with van der Waals surface area (Å²) in [6.45, 7) is 4.54. The van der Waals surface area contributed by atoms with Crippen LogP contribution in [-0.2, 0) is 6.67 Å². The molecule has 1 aromatic heterocycles. The predicted molar refractivity (Wildman–Crippen MR) is 108 cm³/mol. The lowest BCUT2D eigenvalue weighted by Crippen LogP contribution is -3.13. The molecule has 0 radical (unpaired) electrons. The van der Waals surface area contributed by atoms with Crippen molar-refractivity contribution >= 4 is 12.2 Å². The van der Waals surface area contributed by atoms with Crippen molar-refractivity contribution in [2.45, 2.75) is 32.5 Å². The van der Waals surface area contributed by atoms with Crippen molar-refractivity contribution in [3.63, 3.8) is 0 Å². The molecule has 4 rings (SSSR count). The first kappa shape index (κ1) is 18.1. The van der Waals surface area contributed by atoms with Gasteiger partial charge >= 0.3 is 0 Å². The van der Waals surface area contributed by atoms with Gasteiger partial charge in [-0.2, -0.15) is 4.68 Å². The van der Waals surface area contributed by atoms with Gasteiger partial charge in [0.05, 0.1) is 6.54 Å². The summed E-state index contributed by atoms with van der Waals surface area (Å²) in [5, 5.41) is 14.9. The Bertz CT molecular complexity index is 962. The number of rotatable bonds is 4. The standard InChI is InChI=1S/C21H24N4OS/c1-16-9-11-18(12-10-16)25-20(17-6-3-2-4-7-17)22-24(21(25)27)15-23-13-5-8-19(26)14-23/h2-4,6-7,9-12,19,26H,5,8,13-15H2,1H3/p+1/t19-/m1/s1. The first-order valence-corrected chi connectivity index (χ1v) is 9.86. The smallest absolute Gasteiger partial charge is 0.207 e. The number of quaternary nitrogens is 1. The van der Waals surface area contributed by atoms with Crippen LogP contribution >= 0.6 is 12.2 Å². The molecule has 2 atom stereocenters. The van der Waals surface area contributed by atoms with E-state index in [0.717, 1.165) is 43.0 Å². The molecule has 0 amide bonds. The van der Waals surface area contributed by atoms with E-state index in [-0.39, 0.29) is 6.10 Å². The topological polar surface area (TPSA) is 47.4 Å². The van der Waals surface area contributed by atoms with E-state index in [9.17, 15) is 5.11 Å². The van der Waals surface area contributed by atoms with Crippen LogP contribution in [-0.4, -0.2) is 38.6 Å². The minimum Gasteiger partial charge on any atom is -0.387 e. The van der Waals surface area contributed by atoms with Gasteiger partial charge in [-0.1, -0.05) is 48.0 Å². The van der Waals surface area contributed by atoms with E-state index in [1.165, 1.54) is 10.5 Å². The Hall–Kier alpha value is -2.28. The second-order valence-corrected chi connectivity index (χ2v) is 7.67. The van der Waals surface area contributed by atoms with E-state index >= 15 is 0 Å². The van der Waals surface area contributed by atoms with Gasteiger partial charge in [0.25, 0.3) is 0 Å². The zero-order valence-electron chi connectivity index (χ0n) is 15.5. The molecule has 1 aliphatic heterocycles. The van der Waals surface area contributed by atoms with Crippen LogP contribution in [0.4, 0.5) is 0 Å². The van der Waals surface area contributed by atoms with Crippen molar-refractivity contribution in [1.82, 2.24) is 14.3 Å². The molecule has 5 nitrogen and oxygen atoms in total. The number of likely N-dealkylation sites (tertiary alicyclic amines) is 1. The van der Waals surface area contributed by atoms with Crippen LogP contribution in [0.1, 0.15) is 18.4 Å². The number of aliphatic hydroxyl groups is 1. The molecule has 0 aliphatic carbocycles. The maximum absolute atomic E-state index is 9.99. The van der Waals surface area contributed by atoms with Crippen LogP contribution < -0.4 is 4.90 Å². The average Bonchev–Trinajstić information content (AvgIpc) is 3.00. The monoisotopic (exact) mass is 381 g/mol. The van der Waals surface area contributed by atoms with E-state index in [1.807, 2.05) is 27.4 Å². The van der Waals surface area contributed by atoms with E-state index in [2.05, 4.69) is 43.3 Å². The molecular weight excluding hydrogens is 356 g/mol. The van der Waals surface area contributed by atoms with Gasteiger partial charge in [0.2, 0.25) is 4.77 Å². The van der Waals surface area contributed by atoms with Crippen LogP contribution in [0.3, 0.4) is 0 Å². The fourth-order valence-electron chi connectivity index (χ4n) is 3.69. The number of aryl methyl sites for hydroxylation is 1. The minimum atomic E-state index is -0.226. The zero-order valence-corrected chi connectivity index (χ0v) is 16.3. The molecule has 2 heterocycles. The normalized spacial score (nSPS) is 19.9. The number of hydrogen-bond acceptors (Lipinski definition) is 3. The van der Waals surface area contributed by atoms with Crippen LogP contribution in [0.2, 0.25) is 0 Å². The number of piperidine rings is 1. The number of nitrogens with zero attached hydrogens (tertiary/aromatic N) is 3. The first-order valence-electron chi connectivity index (χ1n) is 9.46. The van der Waals surface area contributed by atoms with Gasteiger partial charge in [-0.25, -0.2) is 0 Å². The van der Waals surface area contributed by atoms with Gasteiger partial charge in [0, 0.05) is 11.3 Å².